The summed E-state index contributed by atoms with van der Waals surface area (Å²) < 4.78 is 5.32. The molecule has 2 aliphatic heterocycles. The van der Waals surface area contributed by atoms with Crippen LogP contribution in [-0.4, -0.2) is 103 Å². The van der Waals surface area contributed by atoms with E-state index in [0.29, 0.717) is 22.9 Å². The van der Waals surface area contributed by atoms with Crippen molar-refractivity contribution in [1.82, 2.24) is 24.8 Å². The van der Waals surface area contributed by atoms with E-state index >= 15 is 0 Å². The van der Waals surface area contributed by atoms with Crippen molar-refractivity contribution in [3.05, 3.63) is 17.3 Å². The SMILES string of the molecule is CCOC(=O)c1sc(N2CCCCC2)nc1-c1cnc(N2CCN(CCN(CC)CC)CC2)cn1. The molecule has 35 heavy (non-hydrogen) atoms. The molecule has 0 N–H and O–H groups in total. The van der Waals surface area contributed by atoms with Crippen LogP contribution in [0.4, 0.5) is 10.9 Å². The number of hydrogen-bond acceptors (Lipinski definition) is 10. The number of carbonyl (C=O) groups is 1. The van der Waals surface area contributed by atoms with E-state index in [2.05, 4.69) is 38.4 Å². The van der Waals surface area contributed by atoms with Crippen LogP contribution in [0.2, 0.25) is 0 Å². The Morgan fingerprint density at radius 3 is 2.34 bits per heavy atom. The van der Waals surface area contributed by atoms with Crippen molar-refractivity contribution in [2.45, 2.75) is 40.0 Å². The molecule has 0 aliphatic carbocycles. The van der Waals surface area contributed by atoms with Crippen molar-refractivity contribution in [3.8, 4) is 11.4 Å². The minimum absolute atomic E-state index is 0.334. The maximum atomic E-state index is 12.7. The Balaban J connectivity index is 1.43. The van der Waals surface area contributed by atoms with Gasteiger partial charge in [-0.25, -0.2) is 19.7 Å². The average Bonchev–Trinajstić information content (AvgIpc) is 3.36. The average molecular weight is 502 g/mol. The van der Waals surface area contributed by atoms with Gasteiger partial charge in [-0.3, -0.25) is 4.90 Å². The quantitative estimate of drug-likeness (QED) is 0.456. The minimum Gasteiger partial charge on any atom is -0.462 e. The summed E-state index contributed by atoms with van der Waals surface area (Å²) in [6.45, 7) is 16.9. The number of likely N-dealkylation sites (N-methyl/N-ethyl adjacent to an activating group) is 1. The molecule has 2 fully saturated rings. The summed E-state index contributed by atoms with van der Waals surface area (Å²) in [5, 5.41) is 0.870. The molecule has 2 aromatic rings. The highest BCUT2D eigenvalue weighted by Crippen LogP contribution is 2.34. The molecule has 0 amide bonds. The molecule has 2 aromatic heterocycles. The molecule has 0 spiro atoms. The summed E-state index contributed by atoms with van der Waals surface area (Å²) >= 11 is 1.40. The van der Waals surface area contributed by atoms with Crippen LogP contribution in [-0.2, 0) is 4.74 Å². The molecule has 0 radical (unpaired) electrons. The van der Waals surface area contributed by atoms with Crippen molar-refractivity contribution < 1.29 is 9.53 Å². The van der Waals surface area contributed by atoms with Crippen molar-refractivity contribution in [3.63, 3.8) is 0 Å². The predicted octanol–water partition coefficient (Wildman–Crippen LogP) is 3.23. The molecule has 0 bridgehead atoms. The fourth-order valence-electron chi connectivity index (χ4n) is 4.67. The monoisotopic (exact) mass is 501 g/mol. The molecule has 0 atom stereocenters. The number of esters is 1. The summed E-state index contributed by atoms with van der Waals surface area (Å²) in [7, 11) is 0. The van der Waals surface area contributed by atoms with Crippen molar-refractivity contribution in [2.75, 3.05) is 81.9 Å². The van der Waals surface area contributed by atoms with E-state index < -0.39 is 0 Å². The highest BCUT2D eigenvalue weighted by atomic mass is 32.1. The van der Waals surface area contributed by atoms with Crippen LogP contribution in [0.15, 0.2) is 12.4 Å². The van der Waals surface area contributed by atoms with Gasteiger partial charge < -0.3 is 19.4 Å². The number of ether oxygens (including phenoxy) is 1. The van der Waals surface area contributed by atoms with E-state index in [1.807, 2.05) is 13.1 Å². The molecule has 0 aromatic carbocycles. The highest BCUT2D eigenvalue weighted by molar-refractivity contribution is 7.17. The third-order valence-corrected chi connectivity index (χ3v) is 8.00. The number of aromatic nitrogens is 3. The van der Waals surface area contributed by atoms with Gasteiger partial charge in [0.2, 0.25) is 0 Å². The van der Waals surface area contributed by atoms with E-state index in [9.17, 15) is 4.79 Å². The van der Waals surface area contributed by atoms with Crippen molar-refractivity contribution in [2.24, 2.45) is 0 Å². The summed E-state index contributed by atoms with van der Waals surface area (Å²) in [5.41, 5.74) is 1.20. The lowest BCUT2D eigenvalue weighted by Crippen LogP contribution is -2.48. The smallest absolute Gasteiger partial charge is 0.350 e. The van der Waals surface area contributed by atoms with Gasteiger partial charge in [0, 0.05) is 52.4 Å². The molecule has 0 unspecified atom stereocenters. The Morgan fingerprint density at radius 2 is 1.71 bits per heavy atom. The number of rotatable bonds is 10. The van der Waals surface area contributed by atoms with Crippen LogP contribution in [0.5, 0.6) is 0 Å². The molecular weight excluding hydrogens is 462 g/mol. The molecule has 0 saturated carbocycles. The second kappa shape index (κ2) is 12.6. The van der Waals surface area contributed by atoms with E-state index in [-0.39, 0.29) is 5.97 Å². The van der Waals surface area contributed by atoms with E-state index in [0.717, 1.165) is 89.2 Å². The zero-order valence-electron chi connectivity index (χ0n) is 21.4. The third kappa shape index (κ3) is 6.48. The first-order valence-corrected chi connectivity index (χ1v) is 13.9. The fraction of sp³-hybridized carbons (Fsp3) is 0.680. The first-order chi connectivity index (χ1) is 17.1. The minimum atomic E-state index is -0.338. The van der Waals surface area contributed by atoms with Crippen molar-refractivity contribution in [1.29, 1.82) is 0 Å². The van der Waals surface area contributed by atoms with Crippen LogP contribution in [0.1, 0.15) is 49.7 Å². The Morgan fingerprint density at radius 1 is 0.971 bits per heavy atom. The fourth-order valence-corrected chi connectivity index (χ4v) is 5.69. The predicted molar refractivity (Wildman–Crippen MR) is 142 cm³/mol. The summed E-state index contributed by atoms with van der Waals surface area (Å²) in [5.74, 6) is 0.538. The molecule has 9 nitrogen and oxygen atoms in total. The van der Waals surface area contributed by atoms with Gasteiger partial charge in [0.25, 0.3) is 0 Å². The zero-order valence-corrected chi connectivity index (χ0v) is 22.2. The van der Waals surface area contributed by atoms with Gasteiger partial charge in [-0.15, -0.1) is 0 Å². The first-order valence-electron chi connectivity index (χ1n) is 13.1. The van der Waals surface area contributed by atoms with Gasteiger partial charge in [0.15, 0.2) is 5.13 Å². The lowest BCUT2D eigenvalue weighted by Gasteiger charge is -2.36. The second-order valence-corrected chi connectivity index (χ2v) is 10.0. The Hall–Kier alpha value is -2.30. The summed E-state index contributed by atoms with van der Waals surface area (Å²) in [6.07, 6.45) is 7.12. The van der Waals surface area contributed by atoms with Crippen LogP contribution < -0.4 is 9.80 Å². The van der Waals surface area contributed by atoms with Crippen LogP contribution in [0.25, 0.3) is 11.4 Å². The molecule has 192 valence electrons. The van der Waals surface area contributed by atoms with E-state index in [1.165, 1.54) is 17.8 Å². The summed E-state index contributed by atoms with van der Waals surface area (Å²) in [4.78, 5) is 37.0. The van der Waals surface area contributed by atoms with E-state index in [4.69, 9.17) is 14.7 Å². The summed E-state index contributed by atoms with van der Waals surface area (Å²) in [6, 6.07) is 0. The molecule has 10 heteroatoms. The topological polar surface area (TPSA) is 77.9 Å². The highest BCUT2D eigenvalue weighted by Gasteiger charge is 2.25. The third-order valence-electron chi connectivity index (χ3n) is 6.91. The molecule has 4 heterocycles. The Kier molecular flexibility index (Phi) is 9.28. The number of hydrogen-bond donors (Lipinski definition) is 0. The van der Waals surface area contributed by atoms with Crippen LogP contribution in [0, 0.1) is 0 Å². The van der Waals surface area contributed by atoms with Gasteiger partial charge in [-0.1, -0.05) is 25.2 Å². The van der Waals surface area contributed by atoms with Crippen LogP contribution >= 0.6 is 11.3 Å². The number of piperidine rings is 1. The molecular formula is C25H39N7O2S. The second-order valence-electron chi connectivity index (χ2n) is 9.06. The molecule has 2 saturated heterocycles. The standard InChI is InChI=1S/C25H39N7O2S/c1-4-29(5-2)12-13-30-14-16-31(17-15-30)21-19-26-20(18-27-21)22-23(24(33)34-6-3)35-25(28-22)32-10-8-7-9-11-32/h18-19H,4-17H2,1-3H3. The number of piperazine rings is 1. The number of carbonyl (C=O) groups excluding carboxylic acids is 1. The first kappa shape index (κ1) is 25.8. The zero-order chi connectivity index (χ0) is 24.6. The van der Waals surface area contributed by atoms with Gasteiger partial charge in [-0.05, 0) is 39.3 Å². The lowest BCUT2D eigenvalue weighted by molar-refractivity contribution is 0.0532. The van der Waals surface area contributed by atoms with Crippen molar-refractivity contribution >= 4 is 28.3 Å². The number of nitrogens with zero attached hydrogens (tertiary/aromatic N) is 7. The number of thiazole rings is 1. The van der Waals surface area contributed by atoms with E-state index in [1.54, 1.807) is 6.20 Å². The van der Waals surface area contributed by atoms with Gasteiger partial charge in [0.05, 0.1) is 19.0 Å². The Labute approximate surface area is 213 Å². The number of anilines is 2. The largest absolute Gasteiger partial charge is 0.462 e. The molecule has 4 rings (SSSR count). The van der Waals surface area contributed by atoms with Gasteiger partial charge in [0.1, 0.15) is 22.1 Å². The van der Waals surface area contributed by atoms with Gasteiger partial charge >= 0.3 is 5.97 Å². The van der Waals surface area contributed by atoms with Gasteiger partial charge in [-0.2, -0.15) is 0 Å². The maximum absolute atomic E-state index is 12.7. The van der Waals surface area contributed by atoms with Crippen LogP contribution in [0.3, 0.4) is 0 Å². The maximum Gasteiger partial charge on any atom is 0.350 e. The normalized spacial score (nSPS) is 17.3. The molecule has 2 aliphatic rings. The lowest BCUT2D eigenvalue weighted by atomic mass is 10.1. The Bertz CT molecular complexity index is 934.